The van der Waals surface area contributed by atoms with Gasteiger partial charge in [-0.2, -0.15) is 0 Å². The Kier molecular flexibility index (Phi) is 4.87. The highest BCUT2D eigenvalue weighted by atomic mass is 15.2. The van der Waals surface area contributed by atoms with Crippen LogP contribution >= 0.6 is 0 Å². The summed E-state index contributed by atoms with van der Waals surface area (Å²) in [6.07, 6.45) is 1.21. The summed E-state index contributed by atoms with van der Waals surface area (Å²) in [6.45, 7) is 12.8. The Morgan fingerprint density at radius 3 is 2.63 bits per heavy atom. The molecule has 2 heteroatoms. The van der Waals surface area contributed by atoms with Crippen molar-refractivity contribution in [3.05, 3.63) is 29.8 Å². The molecule has 0 saturated heterocycles. The number of anilines is 1. The molecule has 0 aliphatic carbocycles. The van der Waals surface area contributed by atoms with Crippen LogP contribution in [-0.2, 0) is 6.42 Å². The summed E-state index contributed by atoms with van der Waals surface area (Å²) in [5.74, 6) is 1.47. The van der Waals surface area contributed by atoms with Crippen molar-refractivity contribution in [3.8, 4) is 0 Å². The zero-order valence-corrected chi connectivity index (χ0v) is 12.8. The van der Waals surface area contributed by atoms with Gasteiger partial charge in [0.25, 0.3) is 0 Å². The minimum Gasteiger partial charge on any atom is -0.384 e. The molecular formula is C17H28N2. The normalized spacial score (nSPS) is 18.8. The molecule has 0 aromatic heterocycles. The van der Waals surface area contributed by atoms with Gasteiger partial charge in [-0.15, -0.1) is 0 Å². The van der Waals surface area contributed by atoms with Gasteiger partial charge in [0.05, 0.1) is 0 Å². The van der Waals surface area contributed by atoms with E-state index in [1.165, 1.54) is 30.8 Å². The number of benzene rings is 1. The number of hydrogen-bond acceptors (Lipinski definition) is 2. The fourth-order valence-corrected chi connectivity index (χ4v) is 2.93. The van der Waals surface area contributed by atoms with E-state index in [4.69, 9.17) is 0 Å². The first-order valence-corrected chi connectivity index (χ1v) is 7.62. The summed E-state index contributed by atoms with van der Waals surface area (Å²) < 4.78 is 0. The fourth-order valence-electron chi connectivity index (χ4n) is 2.93. The Morgan fingerprint density at radius 1 is 1.21 bits per heavy atom. The zero-order chi connectivity index (χ0) is 13.8. The Hall–Kier alpha value is -1.02. The molecule has 0 spiro atoms. The van der Waals surface area contributed by atoms with Crippen LogP contribution in [0.4, 0.5) is 5.69 Å². The molecule has 1 atom stereocenters. The molecule has 106 valence electrons. The molecule has 2 rings (SSSR count). The smallest absolute Gasteiger partial charge is 0.0372 e. The Labute approximate surface area is 118 Å². The first-order valence-electron chi connectivity index (χ1n) is 7.62. The monoisotopic (exact) mass is 260 g/mol. The Balaban J connectivity index is 1.96. The van der Waals surface area contributed by atoms with Gasteiger partial charge in [0.1, 0.15) is 0 Å². The van der Waals surface area contributed by atoms with E-state index in [1.807, 2.05) is 0 Å². The molecule has 1 aromatic rings. The third-order valence-electron chi connectivity index (χ3n) is 3.93. The van der Waals surface area contributed by atoms with E-state index in [0.717, 1.165) is 18.4 Å². The molecule has 1 aliphatic rings. The highest BCUT2D eigenvalue weighted by Crippen LogP contribution is 2.25. The molecule has 1 unspecified atom stereocenters. The van der Waals surface area contributed by atoms with E-state index in [0.29, 0.717) is 6.04 Å². The average molecular weight is 260 g/mol. The molecule has 0 saturated carbocycles. The van der Waals surface area contributed by atoms with Gasteiger partial charge in [-0.05, 0) is 43.7 Å². The van der Waals surface area contributed by atoms with Crippen LogP contribution in [0.15, 0.2) is 24.3 Å². The van der Waals surface area contributed by atoms with Crippen LogP contribution in [0, 0.1) is 11.8 Å². The number of hydrogen-bond donors (Lipinski definition) is 1. The largest absolute Gasteiger partial charge is 0.384 e. The van der Waals surface area contributed by atoms with Crippen molar-refractivity contribution in [2.24, 2.45) is 11.8 Å². The first kappa shape index (κ1) is 14.4. The van der Waals surface area contributed by atoms with E-state index in [1.54, 1.807) is 0 Å². The predicted molar refractivity (Wildman–Crippen MR) is 83.7 cm³/mol. The summed E-state index contributed by atoms with van der Waals surface area (Å²) in [7, 11) is 0. The highest BCUT2D eigenvalue weighted by Gasteiger charge is 2.22. The molecule has 0 fully saturated rings. The summed E-state index contributed by atoms with van der Waals surface area (Å²) in [6, 6.07) is 9.36. The molecular weight excluding hydrogens is 232 g/mol. The summed E-state index contributed by atoms with van der Waals surface area (Å²) in [5, 5.41) is 3.58. The number of rotatable bonds is 5. The van der Waals surface area contributed by atoms with Crippen LogP contribution in [0.2, 0.25) is 0 Å². The van der Waals surface area contributed by atoms with Gasteiger partial charge in [-0.3, -0.25) is 0 Å². The standard InChI is InChI=1S/C17H28N2/c1-13(2)11-19(14(3)4)12-15-9-16-7-5-6-8-17(16)18-10-15/h5-8,13-15,18H,9-12H2,1-4H3. The zero-order valence-electron chi connectivity index (χ0n) is 12.8. The van der Waals surface area contributed by atoms with Crippen molar-refractivity contribution < 1.29 is 0 Å². The lowest BCUT2D eigenvalue weighted by Crippen LogP contribution is -2.41. The third kappa shape index (κ3) is 3.97. The lowest BCUT2D eigenvalue weighted by molar-refractivity contribution is 0.169. The quantitative estimate of drug-likeness (QED) is 0.869. The van der Waals surface area contributed by atoms with E-state index >= 15 is 0 Å². The van der Waals surface area contributed by atoms with Crippen molar-refractivity contribution in [1.29, 1.82) is 0 Å². The number of para-hydroxylation sites is 1. The lowest BCUT2D eigenvalue weighted by Gasteiger charge is -2.34. The van der Waals surface area contributed by atoms with Gasteiger partial charge in [0.15, 0.2) is 0 Å². The maximum atomic E-state index is 3.58. The van der Waals surface area contributed by atoms with E-state index in [-0.39, 0.29) is 0 Å². The molecule has 1 aliphatic heterocycles. The second kappa shape index (κ2) is 6.42. The SMILES string of the molecule is CC(C)CN(CC1CNc2ccccc2C1)C(C)C. The van der Waals surface area contributed by atoms with Crippen molar-refractivity contribution in [1.82, 2.24) is 4.90 Å². The predicted octanol–water partition coefficient (Wildman–Crippen LogP) is 3.64. The van der Waals surface area contributed by atoms with Gasteiger partial charge < -0.3 is 10.2 Å². The summed E-state index contributed by atoms with van der Waals surface area (Å²) >= 11 is 0. The molecule has 19 heavy (non-hydrogen) atoms. The second-order valence-electron chi connectivity index (χ2n) is 6.55. The number of fused-ring (bicyclic) bond motifs is 1. The third-order valence-corrected chi connectivity index (χ3v) is 3.93. The van der Waals surface area contributed by atoms with Crippen molar-refractivity contribution in [3.63, 3.8) is 0 Å². The topological polar surface area (TPSA) is 15.3 Å². The lowest BCUT2D eigenvalue weighted by atomic mass is 9.93. The van der Waals surface area contributed by atoms with Crippen LogP contribution in [0.3, 0.4) is 0 Å². The van der Waals surface area contributed by atoms with Crippen LogP contribution < -0.4 is 5.32 Å². The van der Waals surface area contributed by atoms with Crippen molar-refractivity contribution >= 4 is 5.69 Å². The fraction of sp³-hybridized carbons (Fsp3) is 0.647. The first-order chi connectivity index (χ1) is 9.06. The molecule has 0 amide bonds. The van der Waals surface area contributed by atoms with Crippen molar-refractivity contribution in [2.45, 2.75) is 40.2 Å². The summed E-state index contributed by atoms with van der Waals surface area (Å²) in [4.78, 5) is 2.63. The van der Waals surface area contributed by atoms with Crippen LogP contribution in [0.25, 0.3) is 0 Å². The summed E-state index contributed by atoms with van der Waals surface area (Å²) in [5.41, 5.74) is 2.81. The van der Waals surface area contributed by atoms with Gasteiger partial charge >= 0.3 is 0 Å². The second-order valence-corrected chi connectivity index (χ2v) is 6.55. The van der Waals surface area contributed by atoms with Crippen LogP contribution in [0.5, 0.6) is 0 Å². The van der Waals surface area contributed by atoms with E-state index < -0.39 is 0 Å². The number of nitrogens with one attached hydrogen (secondary N) is 1. The highest BCUT2D eigenvalue weighted by molar-refractivity contribution is 5.53. The van der Waals surface area contributed by atoms with Crippen molar-refractivity contribution in [2.75, 3.05) is 25.0 Å². The molecule has 0 radical (unpaired) electrons. The molecule has 0 bridgehead atoms. The minimum atomic E-state index is 0.638. The van der Waals surface area contributed by atoms with Gasteiger partial charge in [0.2, 0.25) is 0 Å². The van der Waals surface area contributed by atoms with E-state index in [9.17, 15) is 0 Å². The Morgan fingerprint density at radius 2 is 1.95 bits per heavy atom. The van der Waals surface area contributed by atoms with Crippen LogP contribution in [0.1, 0.15) is 33.3 Å². The average Bonchev–Trinajstić information content (AvgIpc) is 2.37. The van der Waals surface area contributed by atoms with Gasteiger partial charge in [-0.25, -0.2) is 0 Å². The molecule has 2 nitrogen and oxygen atoms in total. The van der Waals surface area contributed by atoms with Crippen LogP contribution in [-0.4, -0.2) is 30.6 Å². The maximum absolute atomic E-state index is 3.58. The Bertz CT molecular complexity index is 398. The maximum Gasteiger partial charge on any atom is 0.0372 e. The molecule has 1 heterocycles. The van der Waals surface area contributed by atoms with E-state index in [2.05, 4.69) is 62.2 Å². The van der Waals surface area contributed by atoms with Gasteiger partial charge in [-0.1, -0.05) is 32.0 Å². The molecule has 1 aromatic carbocycles. The number of nitrogens with zero attached hydrogens (tertiary/aromatic N) is 1. The molecule has 1 N–H and O–H groups in total. The minimum absolute atomic E-state index is 0.638. The van der Waals surface area contributed by atoms with Gasteiger partial charge in [0, 0.05) is 31.4 Å².